The number of hydrogen-bond acceptors (Lipinski definition) is 3. The second-order valence-corrected chi connectivity index (χ2v) is 3.58. The molecule has 0 heterocycles. The Kier molecular flexibility index (Phi) is 3.62. The summed E-state index contributed by atoms with van der Waals surface area (Å²) < 4.78 is 0. The number of nitro groups is 1. The highest BCUT2D eigenvalue weighted by atomic mass is 35.5. The van der Waals surface area contributed by atoms with E-state index in [9.17, 15) is 10.1 Å². The van der Waals surface area contributed by atoms with Gasteiger partial charge in [0.05, 0.1) is 10.3 Å². The summed E-state index contributed by atoms with van der Waals surface area (Å²) >= 11 is 5.77. The van der Waals surface area contributed by atoms with Gasteiger partial charge in [0, 0.05) is 12.1 Å². The maximum absolute atomic E-state index is 10.4. The van der Waals surface area contributed by atoms with Gasteiger partial charge in [0.1, 0.15) is 5.84 Å². The molecule has 1 rings (SSSR count). The van der Waals surface area contributed by atoms with Crippen molar-refractivity contribution in [1.82, 2.24) is 0 Å². The van der Waals surface area contributed by atoms with Crippen molar-refractivity contribution >= 4 is 23.1 Å². The maximum atomic E-state index is 10.4. The van der Waals surface area contributed by atoms with Crippen molar-refractivity contribution in [2.45, 2.75) is 11.8 Å². The van der Waals surface area contributed by atoms with E-state index in [1.54, 1.807) is 12.1 Å². The molecular weight excluding hydrogens is 218 g/mol. The molecule has 5 nitrogen and oxygen atoms in total. The van der Waals surface area contributed by atoms with Gasteiger partial charge in [-0.1, -0.05) is 12.1 Å². The number of non-ortho nitro benzene ring substituents is 1. The molecule has 0 spiro atoms. The van der Waals surface area contributed by atoms with Crippen molar-refractivity contribution < 1.29 is 4.92 Å². The average molecular weight is 228 g/mol. The molecule has 15 heavy (non-hydrogen) atoms. The van der Waals surface area contributed by atoms with Crippen molar-refractivity contribution in [3.63, 3.8) is 0 Å². The van der Waals surface area contributed by atoms with E-state index >= 15 is 0 Å². The lowest BCUT2D eigenvalue weighted by Gasteiger charge is -2.06. The van der Waals surface area contributed by atoms with Gasteiger partial charge in [0.25, 0.3) is 5.69 Å². The molecule has 0 bridgehead atoms. The molecule has 6 heteroatoms. The van der Waals surface area contributed by atoms with Crippen LogP contribution >= 0.6 is 11.6 Å². The van der Waals surface area contributed by atoms with Crippen LogP contribution in [0.3, 0.4) is 0 Å². The molecule has 80 valence electrons. The first kappa shape index (κ1) is 11.5. The predicted molar refractivity (Wildman–Crippen MR) is 58.4 cm³/mol. The molecule has 0 aliphatic heterocycles. The minimum absolute atomic E-state index is 0.0349. The van der Waals surface area contributed by atoms with E-state index in [1.807, 2.05) is 0 Å². The normalized spacial score (nSPS) is 12.1. The molecule has 1 atom stereocenters. The van der Waals surface area contributed by atoms with Crippen LogP contribution in [0, 0.1) is 15.5 Å². The van der Waals surface area contributed by atoms with Crippen molar-refractivity contribution in [3.05, 3.63) is 39.9 Å². The Labute approximate surface area is 91.5 Å². The number of hydrogen-bond donors (Lipinski definition) is 2. The van der Waals surface area contributed by atoms with Gasteiger partial charge in [-0.2, -0.15) is 0 Å². The first-order chi connectivity index (χ1) is 7.00. The Morgan fingerprint density at radius 1 is 1.53 bits per heavy atom. The molecule has 0 amide bonds. The van der Waals surface area contributed by atoms with E-state index in [-0.39, 0.29) is 11.5 Å². The van der Waals surface area contributed by atoms with E-state index < -0.39 is 10.3 Å². The number of amidine groups is 1. The van der Waals surface area contributed by atoms with E-state index in [0.29, 0.717) is 6.42 Å². The predicted octanol–water partition coefficient (Wildman–Crippen LogP) is 1.68. The highest BCUT2D eigenvalue weighted by Gasteiger charge is 2.10. The van der Waals surface area contributed by atoms with E-state index in [2.05, 4.69) is 0 Å². The van der Waals surface area contributed by atoms with Gasteiger partial charge in [0.15, 0.2) is 0 Å². The zero-order valence-corrected chi connectivity index (χ0v) is 8.57. The topological polar surface area (TPSA) is 93.0 Å². The second kappa shape index (κ2) is 4.75. The fraction of sp³-hybridized carbons (Fsp3) is 0.222. The smallest absolute Gasteiger partial charge is 0.269 e. The monoisotopic (exact) mass is 227 g/mol. The van der Waals surface area contributed by atoms with Crippen LogP contribution in [0.5, 0.6) is 0 Å². The summed E-state index contributed by atoms with van der Waals surface area (Å²) in [6, 6.07) is 6.02. The van der Waals surface area contributed by atoms with E-state index in [1.165, 1.54) is 12.1 Å². The van der Waals surface area contributed by atoms with Crippen LogP contribution < -0.4 is 5.73 Å². The molecule has 1 aromatic carbocycles. The third-order valence-electron chi connectivity index (χ3n) is 1.90. The van der Waals surface area contributed by atoms with Crippen LogP contribution in [0.1, 0.15) is 5.56 Å². The summed E-state index contributed by atoms with van der Waals surface area (Å²) in [6.07, 6.45) is 0.398. The lowest BCUT2D eigenvalue weighted by atomic mass is 10.1. The number of nitrogens with one attached hydrogen (secondary N) is 1. The molecule has 0 aliphatic rings. The molecule has 0 radical (unpaired) electrons. The van der Waals surface area contributed by atoms with Crippen LogP contribution in [0.15, 0.2) is 24.3 Å². The Morgan fingerprint density at radius 3 is 2.47 bits per heavy atom. The number of rotatable bonds is 4. The number of benzene rings is 1. The van der Waals surface area contributed by atoms with Crippen LogP contribution in [0.4, 0.5) is 5.69 Å². The summed E-state index contributed by atoms with van der Waals surface area (Å²) in [5.74, 6) is -0.102. The lowest BCUT2D eigenvalue weighted by Crippen LogP contribution is -2.24. The molecule has 0 saturated heterocycles. The highest BCUT2D eigenvalue weighted by molar-refractivity contribution is 6.31. The van der Waals surface area contributed by atoms with Crippen molar-refractivity contribution in [1.29, 1.82) is 5.41 Å². The van der Waals surface area contributed by atoms with Crippen LogP contribution in [-0.4, -0.2) is 16.1 Å². The Bertz CT molecular complexity index is 377. The Hall–Kier alpha value is -1.62. The van der Waals surface area contributed by atoms with Gasteiger partial charge in [-0.3, -0.25) is 15.5 Å². The SMILES string of the molecule is N=C(N)C(Cl)Cc1ccc([N+](=O)[O-])cc1. The van der Waals surface area contributed by atoms with Gasteiger partial charge >= 0.3 is 0 Å². The van der Waals surface area contributed by atoms with Crippen LogP contribution in [-0.2, 0) is 6.42 Å². The van der Waals surface area contributed by atoms with Gasteiger partial charge in [-0.25, -0.2) is 0 Å². The van der Waals surface area contributed by atoms with Crippen molar-refractivity contribution in [3.8, 4) is 0 Å². The zero-order valence-electron chi connectivity index (χ0n) is 7.81. The summed E-state index contributed by atoms with van der Waals surface area (Å²) in [7, 11) is 0. The lowest BCUT2D eigenvalue weighted by molar-refractivity contribution is -0.384. The molecule has 0 saturated carbocycles. The zero-order chi connectivity index (χ0) is 11.4. The van der Waals surface area contributed by atoms with E-state index in [4.69, 9.17) is 22.7 Å². The molecule has 1 aromatic rings. The quantitative estimate of drug-likeness (QED) is 0.269. The van der Waals surface area contributed by atoms with Crippen molar-refractivity contribution in [2.75, 3.05) is 0 Å². The van der Waals surface area contributed by atoms with Gasteiger partial charge in [-0.15, -0.1) is 11.6 Å². The highest BCUT2D eigenvalue weighted by Crippen LogP contribution is 2.14. The maximum Gasteiger partial charge on any atom is 0.269 e. The minimum Gasteiger partial charge on any atom is -0.386 e. The summed E-state index contributed by atoms with van der Waals surface area (Å²) in [5, 5.41) is 16.9. The fourth-order valence-electron chi connectivity index (χ4n) is 1.07. The third kappa shape index (κ3) is 3.21. The Morgan fingerprint density at radius 2 is 2.07 bits per heavy atom. The molecule has 0 aromatic heterocycles. The molecule has 3 N–H and O–H groups in total. The molecule has 1 unspecified atom stereocenters. The summed E-state index contributed by atoms with van der Waals surface area (Å²) in [6.45, 7) is 0. The van der Waals surface area contributed by atoms with Gasteiger partial charge < -0.3 is 5.73 Å². The number of nitro benzene ring substituents is 1. The largest absolute Gasteiger partial charge is 0.386 e. The van der Waals surface area contributed by atoms with Crippen LogP contribution in [0.2, 0.25) is 0 Å². The minimum atomic E-state index is -0.563. The Balaban J connectivity index is 2.72. The second-order valence-electron chi connectivity index (χ2n) is 3.05. The van der Waals surface area contributed by atoms with Crippen LogP contribution in [0.25, 0.3) is 0 Å². The number of halogens is 1. The first-order valence-corrected chi connectivity index (χ1v) is 4.65. The van der Waals surface area contributed by atoms with Gasteiger partial charge in [-0.05, 0) is 12.0 Å². The fourth-order valence-corrected chi connectivity index (χ4v) is 1.25. The number of alkyl halides is 1. The molecule has 0 fully saturated rings. The van der Waals surface area contributed by atoms with Gasteiger partial charge in [0.2, 0.25) is 0 Å². The average Bonchev–Trinajstić information content (AvgIpc) is 2.18. The third-order valence-corrected chi connectivity index (χ3v) is 2.29. The standard InChI is InChI=1S/C9H10ClN3O2/c10-8(9(11)12)5-6-1-3-7(4-2-6)13(14)15/h1-4,8H,5H2,(H3,11,12). The summed E-state index contributed by atoms with van der Waals surface area (Å²) in [4.78, 5) is 9.90. The summed E-state index contributed by atoms with van der Waals surface area (Å²) in [5.41, 5.74) is 6.06. The van der Waals surface area contributed by atoms with Crippen molar-refractivity contribution in [2.24, 2.45) is 5.73 Å². The first-order valence-electron chi connectivity index (χ1n) is 4.22. The molecule has 0 aliphatic carbocycles. The number of nitrogens with two attached hydrogens (primary N) is 1. The van der Waals surface area contributed by atoms with E-state index in [0.717, 1.165) is 5.56 Å². The number of nitrogens with zero attached hydrogens (tertiary/aromatic N) is 1. The molecular formula is C9H10ClN3O2.